The lowest BCUT2D eigenvalue weighted by atomic mass is 10.1. The highest BCUT2D eigenvalue weighted by molar-refractivity contribution is 7.09. The first-order valence-electron chi connectivity index (χ1n) is 11.9. The molecule has 2 aromatic carbocycles. The first kappa shape index (κ1) is 24.2. The lowest BCUT2D eigenvalue weighted by Gasteiger charge is -2.37. The molecule has 1 aliphatic rings. The summed E-state index contributed by atoms with van der Waals surface area (Å²) >= 11 is 1.48. The molecule has 1 fully saturated rings. The maximum Gasteiger partial charge on any atom is 0.270 e. The third-order valence-corrected chi connectivity index (χ3v) is 7.09. The van der Waals surface area contributed by atoms with E-state index in [4.69, 9.17) is 4.74 Å². The smallest absolute Gasteiger partial charge is 0.270 e. The second-order valence-electron chi connectivity index (χ2n) is 8.84. The van der Waals surface area contributed by atoms with Crippen LogP contribution in [-0.2, 0) is 6.54 Å². The van der Waals surface area contributed by atoms with Crippen LogP contribution in [-0.4, -0.2) is 55.1 Å². The lowest BCUT2D eigenvalue weighted by Crippen LogP contribution is -2.46. The number of thiazole rings is 1. The predicted molar refractivity (Wildman–Crippen MR) is 139 cm³/mol. The molecule has 1 aliphatic heterocycles. The Morgan fingerprint density at radius 3 is 2.65 bits per heavy atom. The van der Waals surface area contributed by atoms with Gasteiger partial charge in [0, 0.05) is 50.3 Å². The Hall–Kier alpha value is -2.90. The van der Waals surface area contributed by atoms with E-state index in [1.165, 1.54) is 33.7 Å². The maximum atomic E-state index is 12.0. The number of amides is 1. The van der Waals surface area contributed by atoms with Crippen LogP contribution in [0.1, 0.15) is 38.6 Å². The van der Waals surface area contributed by atoms with Crippen LogP contribution in [0.5, 0.6) is 5.75 Å². The van der Waals surface area contributed by atoms with E-state index in [0.717, 1.165) is 49.9 Å². The second-order valence-corrected chi connectivity index (χ2v) is 9.90. The molecule has 180 valence electrons. The fraction of sp³-hybridized carbons (Fsp3) is 0.407. The Bertz CT molecular complexity index is 1110. The first-order valence-corrected chi connectivity index (χ1v) is 12.8. The predicted octanol–water partition coefficient (Wildman–Crippen LogP) is 4.59. The van der Waals surface area contributed by atoms with Gasteiger partial charge in [-0.1, -0.05) is 24.3 Å². The van der Waals surface area contributed by atoms with Crippen molar-refractivity contribution in [3.63, 3.8) is 0 Å². The molecule has 0 bridgehead atoms. The van der Waals surface area contributed by atoms with Gasteiger partial charge in [0.2, 0.25) is 0 Å². The third-order valence-electron chi connectivity index (χ3n) is 6.32. The van der Waals surface area contributed by atoms with E-state index in [1.54, 1.807) is 5.38 Å². The molecule has 7 heteroatoms. The summed E-state index contributed by atoms with van der Waals surface area (Å²) in [6.07, 6.45) is 0.749. The van der Waals surface area contributed by atoms with Crippen molar-refractivity contribution < 1.29 is 9.53 Å². The number of aryl methyl sites for hydroxylation is 2. The summed E-state index contributed by atoms with van der Waals surface area (Å²) in [6.45, 7) is 12.6. The molecule has 0 unspecified atom stereocenters. The molecule has 0 radical (unpaired) electrons. The van der Waals surface area contributed by atoms with Gasteiger partial charge in [0.25, 0.3) is 5.91 Å². The average molecular weight is 479 g/mol. The molecule has 0 spiro atoms. The Morgan fingerprint density at radius 2 is 1.88 bits per heavy atom. The standard InChI is InChI=1S/C27H34N4O2S/c1-20-7-4-10-26(21(20)2)31-14-12-30(13-15-31)18-23-8-5-9-24(17-23)33-16-6-11-28-27(32)25-19-34-22(3)29-25/h4-5,7-10,17,19H,6,11-16,18H2,1-3H3,(H,28,32). The normalized spacial score (nSPS) is 14.3. The number of benzene rings is 2. The molecule has 6 nitrogen and oxygen atoms in total. The van der Waals surface area contributed by atoms with Gasteiger partial charge in [-0.25, -0.2) is 4.98 Å². The van der Waals surface area contributed by atoms with Crippen molar-refractivity contribution in [2.75, 3.05) is 44.2 Å². The van der Waals surface area contributed by atoms with Crippen LogP contribution >= 0.6 is 11.3 Å². The Morgan fingerprint density at radius 1 is 1.09 bits per heavy atom. The molecule has 0 saturated carbocycles. The van der Waals surface area contributed by atoms with Crippen LogP contribution in [0, 0.1) is 20.8 Å². The van der Waals surface area contributed by atoms with Crippen LogP contribution in [0.2, 0.25) is 0 Å². The SMILES string of the molecule is Cc1nc(C(=O)NCCCOc2cccc(CN3CCN(c4cccc(C)c4C)CC3)c2)cs1. The molecule has 2 heterocycles. The van der Waals surface area contributed by atoms with Gasteiger partial charge in [0.15, 0.2) is 0 Å². The number of ether oxygens (including phenoxy) is 1. The Labute approximate surface area is 206 Å². The van der Waals surface area contributed by atoms with E-state index in [-0.39, 0.29) is 5.91 Å². The first-order chi connectivity index (χ1) is 16.5. The van der Waals surface area contributed by atoms with Crippen molar-refractivity contribution in [1.29, 1.82) is 0 Å². The molecular formula is C27H34N4O2S. The lowest BCUT2D eigenvalue weighted by molar-refractivity contribution is 0.0947. The molecule has 1 N–H and O–H groups in total. The van der Waals surface area contributed by atoms with Crippen LogP contribution in [0.4, 0.5) is 5.69 Å². The molecule has 0 aliphatic carbocycles. The molecular weight excluding hydrogens is 444 g/mol. The van der Waals surface area contributed by atoms with E-state index >= 15 is 0 Å². The van der Waals surface area contributed by atoms with E-state index in [0.29, 0.717) is 18.8 Å². The minimum atomic E-state index is -0.121. The number of aromatic nitrogens is 1. The number of nitrogens with zero attached hydrogens (tertiary/aromatic N) is 3. The zero-order valence-electron chi connectivity index (χ0n) is 20.3. The molecule has 1 amide bonds. The Kier molecular flexibility index (Phi) is 8.19. The molecule has 3 aromatic rings. The quantitative estimate of drug-likeness (QED) is 0.456. The summed E-state index contributed by atoms with van der Waals surface area (Å²) in [4.78, 5) is 21.3. The number of piperazine rings is 1. The third kappa shape index (κ3) is 6.36. The number of carbonyl (C=O) groups is 1. The largest absolute Gasteiger partial charge is 0.494 e. The minimum Gasteiger partial charge on any atom is -0.494 e. The average Bonchev–Trinajstić information content (AvgIpc) is 3.28. The summed E-state index contributed by atoms with van der Waals surface area (Å²) in [5.74, 6) is 0.761. The van der Waals surface area contributed by atoms with Crippen LogP contribution in [0.15, 0.2) is 47.8 Å². The van der Waals surface area contributed by atoms with Gasteiger partial charge in [-0.3, -0.25) is 9.69 Å². The Balaban J connectivity index is 1.19. The van der Waals surface area contributed by atoms with Gasteiger partial charge in [0.1, 0.15) is 11.4 Å². The number of hydrogen-bond donors (Lipinski definition) is 1. The van der Waals surface area contributed by atoms with Gasteiger partial charge < -0.3 is 15.0 Å². The topological polar surface area (TPSA) is 57.7 Å². The van der Waals surface area contributed by atoms with Gasteiger partial charge in [0.05, 0.1) is 11.6 Å². The van der Waals surface area contributed by atoms with Crippen molar-refractivity contribution >= 4 is 22.9 Å². The minimum absolute atomic E-state index is 0.121. The number of carbonyl (C=O) groups excluding carboxylic acids is 1. The van der Waals surface area contributed by atoms with Crippen LogP contribution in [0.25, 0.3) is 0 Å². The molecule has 1 saturated heterocycles. The number of nitrogens with one attached hydrogen (secondary N) is 1. The molecule has 4 rings (SSSR count). The fourth-order valence-corrected chi connectivity index (χ4v) is 4.83. The van der Waals surface area contributed by atoms with Crippen molar-refractivity contribution in [2.24, 2.45) is 0 Å². The summed E-state index contributed by atoms with van der Waals surface area (Å²) in [5, 5.41) is 5.59. The fourth-order valence-electron chi connectivity index (χ4n) is 4.24. The summed E-state index contributed by atoms with van der Waals surface area (Å²) in [5.41, 5.74) is 5.87. The van der Waals surface area contributed by atoms with Gasteiger partial charge in [-0.05, 0) is 62.1 Å². The van der Waals surface area contributed by atoms with Crippen LogP contribution < -0.4 is 15.0 Å². The second kappa shape index (κ2) is 11.5. The summed E-state index contributed by atoms with van der Waals surface area (Å²) in [7, 11) is 0. The van der Waals surface area contributed by atoms with Crippen molar-refractivity contribution in [3.8, 4) is 5.75 Å². The van der Waals surface area contributed by atoms with Crippen LogP contribution in [0.3, 0.4) is 0 Å². The highest BCUT2D eigenvalue weighted by atomic mass is 32.1. The highest BCUT2D eigenvalue weighted by Gasteiger charge is 2.19. The molecule has 1 aromatic heterocycles. The highest BCUT2D eigenvalue weighted by Crippen LogP contribution is 2.24. The van der Waals surface area contributed by atoms with E-state index in [9.17, 15) is 4.79 Å². The summed E-state index contributed by atoms with van der Waals surface area (Å²) < 4.78 is 5.94. The number of hydrogen-bond acceptors (Lipinski definition) is 6. The van der Waals surface area contributed by atoms with Gasteiger partial charge in [-0.15, -0.1) is 11.3 Å². The van der Waals surface area contributed by atoms with Crippen molar-refractivity contribution in [2.45, 2.75) is 33.7 Å². The molecule has 34 heavy (non-hydrogen) atoms. The molecule has 0 atom stereocenters. The summed E-state index contributed by atoms with van der Waals surface area (Å²) in [6, 6.07) is 14.9. The van der Waals surface area contributed by atoms with Gasteiger partial charge >= 0.3 is 0 Å². The van der Waals surface area contributed by atoms with E-state index in [1.807, 2.05) is 13.0 Å². The number of anilines is 1. The van der Waals surface area contributed by atoms with Crippen molar-refractivity contribution in [1.82, 2.24) is 15.2 Å². The zero-order valence-corrected chi connectivity index (χ0v) is 21.2. The monoisotopic (exact) mass is 478 g/mol. The number of rotatable bonds is 9. The van der Waals surface area contributed by atoms with E-state index < -0.39 is 0 Å². The van der Waals surface area contributed by atoms with E-state index in [2.05, 4.69) is 70.3 Å². The maximum absolute atomic E-state index is 12.0. The zero-order chi connectivity index (χ0) is 23.9. The van der Waals surface area contributed by atoms with Gasteiger partial charge in [-0.2, -0.15) is 0 Å². The van der Waals surface area contributed by atoms with Crippen molar-refractivity contribution in [3.05, 3.63) is 75.2 Å².